The van der Waals surface area contributed by atoms with Crippen molar-refractivity contribution < 1.29 is 12.6 Å². The first-order valence-corrected chi connectivity index (χ1v) is 11.5. The summed E-state index contributed by atoms with van der Waals surface area (Å²) in [6, 6.07) is 6.93. The molecule has 0 saturated carbocycles. The van der Waals surface area contributed by atoms with Gasteiger partial charge in [0.05, 0.1) is 8.95 Å². The minimum atomic E-state index is -3.98. The lowest BCUT2D eigenvalue weighted by molar-refractivity contribution is 0.481. The molecule has 0 heterocycles. The van der Waals surface area contributed by atoms with Gasteiger partial charge in [0.25, 0.3) is 0 Å². The summed E-state index contributed by atoms with van der Waals surface area (Å²) in [5.74, 6) is 0.251. The van der Waals surface area contributed by atoms with Crippen molar-refractivity contribution >= 4 is 73.8 Å². The van der Waals surface area contributed by atoms with Crippen LogP contribution in [0.3, 0.4) is 0 Å². The molecule has 0 atom stereocenters. The number of halogens is 4. The number of aryl methyl sites for hydroxylation is 1. The molecule has 3 nitrogen and oxygen atoms in total. The van der Waals surface area contributed by atoms with Crippen LogP contribution in [0.15, 0.2) is 47.1 Å². The molecular weight excluding hydrogens is 592 g/mol. The minimum Gasteiger partial charge on any atom is -0.377 e. The Balaban J connectivity index is 2.59. The predicted octanol–water partition coefficient (Wildman–Crippen LogP) is 6.94. The fraction of sp³-hybridized carbons (Fsp3) is 0.250. The van der Waals surface area contributed by atoms with E-state index in [9.17, 15) is 8.42 Å². The first-order valence-electron chi connectivity index (χ1n) is 6.92. The number of rotatable bonds is 4. The third-order valence-corrected chi connectivity index (χ3v) is 7.11. The SMILES string of the molecule is Cc1cc(S(=O)(=O)Oc2c(Br)cc(Br)cc2Br)c(C(C)C)cc1Br. The molecule has 130 valence electrons. The summed E-state index contributed by atoms with van der Waals surface area (Å²) in [5.41, 5.74) is 1.53. The fourth-order valence-corrected chi connectivity index (χ4v) is 6.49. The van der Waals surface area contributed by atoms with Crippen molar-refractivity contribution in [3.8, 4) is 5.75 Å². The Morgan fingerprint density at radius 3 is 1.96 bits per heavy atom. The summed E-state index contributed by atoms with van der Waals surface area (Å²) >= 11 is 13.5. The van der Waals surface area contributed by atoms with Gasteiger partial charge >= 0.3 is 10.1 Å². The molecule has 0 spiro atoms. The van der Waals surface area contributed by atoms with Crippen molar-refractivity contribution in [2.45, 2.75) is 31.6 Å². The maximum absolute atomic E-state index is 12.9. The van der Waals surface area contributed by atoms with Crippen LogP contribution in [0.25, 0.3) is 0 Å². The van der Waals surface area contributed by atoms with E-state index in [0.717, 1.165) is 14.5 Å². The van der Waals surface area contributed by atoms with Crippen LogP contribution in [0, 0.1) is 6.92 Å². The van der Waals surface area contributed by atoms with Gasteiger partial charge in [0, 0.05) is 8.95 Å². The van der Waals surface area contributed by atoms with E-state index in [2.05, 4.69) is 63.7 Å². The third-order valence-electron chi connectivity index (χ3n) is 3.34. The molecule has 2 aromatic carbocycles. The summed E-state index contributed by atoms with van der Waals surface area (Å²) in [4.78, 5) is 0.180. The fourth-order valence-electron chi connectivity index (χ4n) is 2.10. The lowest BCUT2D eigenvalue weighted by atomic mass is 10.0. The molecular formula is C16H14Br4O3S. The molecule has 0 aromatic heterocycles. The highest BCUT2D eigenvalue weighted by Gasteiger charge is 2.25. The van der Waals surface area contributed by atoms with Gasteiger partial charge in [-0.15, -0.1) is 0 Å². The first-order chi connectivity index (χ1) is 11.0. The Kier molecular flexibility index (Phi) is 6.62. The van der Waals surface area contributed by atoms with Gasteiger partial charge in [-0.25, -0.2) is 0 Å². The highest BCUT2D eigenvalue weighted by atomic mass is 79.9. The smallest absolute Gasteiger partial charge is 0.339 e. The second-order valence-electron chi connectivity index (χ2n) is 5.53. The Morgan fingerprint density at radius 1 is 0.917 bits per heavy atom. The molecule has 24 heavy (non-hydrogen) atoms. The van der Waals surface area contributed by atoms with Crippen molar-refractivity contribution in [1.82, 2.24) is 0 Å². The Labute approximate surface area is 175 Å². The average molecular weight is 606 g/mol. The normalized spacial score (nSPS) is 11.8. The largest absolute Gasteiger partial charge is 0.377 e. The zero-order valence-corrected chi connectivity index (χ0v) is 20.2. The van der Waals surface area contributed by atoms with E-state index in [1.165, 1.54) is 0 Å². The van der Waals surface area contributed by atoms with Gasteiger partial charge in [-0.1, -0.05) is 45.7 Å². The monoisotopic (exact) mass is 602 g/mol. The molecule has 0 unspecified atom stereocenters. The van der Waals surface area contributed by atoms with Crippen molar-refractivity contribution in [2.24, 2.45) is 0 Å². The van der Waals surface area contributed by atoms with E-state index in [4.69, 9.17) is 4.18 Å². The van der Waals surface area contributed by atoms with E-state index in [1.54, 1.807) is 18.2 Å². The molecule has 0 radical (unpaired) electrons. The van der Waals surface area contributed by atoms with Crippen LogP contribution in [-0.4, -0.2) is 8.42 Å². The molecule has 0 saturated heterocycles. The molecule has 0 fully saturated rings. The Bertz CT molecular complexity index is 869. The third kappa shape index (κ3) is 4.44. The van der Waals surface area contributed by atoms with E-state index in [-0.39, 0.29) is 16.6 Å². The van der Waals surface area contributed by atoms with Gasteiger partial charge < -0.3 is 4.18 Å². The van der Waals surface area contributed by atoms with Gasteiger partial charge in [0.1, 0.15) is 4.90 Å². The molecule has 0 N–H and O–H groups in total. The van der Waals surface area contributed by atoms with E-state index in [1.807, 2.05) is 26.8 Å². The van der Waals surface area contributed by atoms with Crippen LogP contribution in [0.5, 0.6) is 5.75 Å². The molecule has 0 aliphatic heterocycles. The summed E-state index contributed by atoms with van der Waals surface area (Å²) in [6.07, 6.45) is 0. The molecule has 8 heteroatoms. The summed E-state index contributed by atoms with van der Waals surface area (Å²) in [6.45, 7) is 5.74. The standard InChI is InChI=1S/C16H14Br4O3S/c1-8(2)11-7-12(18)9(3)4-15(11)24(21,22)23-16-13(19)5-10(17)6-14(16)20/h4-8H,1-3H3. The Hall–Kier alpha value is 0.110. The molecule has 0 aliphatic carbocycles. The lowest BCUT2D eigenvalue weighted by Crippen LogP contribution is -2.14. The summed E-state index contributed by atoms with van der Waals surface area (Å²) in [7, 11) is -3.98. The quantitative estimate of drug-likeness (QED) is 0.355. The minimum absolute atomic E-state index is 0.0343. The van der Waals surface area contributed by atoms with Crippen LogP contribution in [0.4, 0.5) is 0 Å². The highest BCUT2D eigenvalue weighted by Crippen LogP contribution is 2.39. The number of hydrogen-bond acceptors (Lipinski definition) is 3. The first kappa shape index (κ1) is 20.4. The van der Waals surface area contributed by atoms with Gasteiger partial charge in [0.15, 0.2) is 5.75 Å². The molecule has 0 amide bonds. The van der Waals surface area contributed by atoms with Crippen LogP contribution in [0.2, 0.25) is 0 Å². The highest BCUT2D eigenvalue weighted by molar-refractivity contribution is 9.11. The van der Waals surface area contributed by atoms with Crippen molar-refractivity contribution in [2.75, 3.05) is 0 Å². The van der Waals surface area contributed by atoms with Crippen LogP contribution < -0.4 is 4.18 Å². The van der Waals surface area contributed by atoms with Crippen LogP contribution >= 0.6 is 63.7 Å². The maximum atomic E-state index is 12.9. The second-order valence-corrected chi connectivity index (χ2v) is 10.5. The summed E-state index contributed by atoms with van der Waals surface area (Å²) < 4.78 is 33.9. The number of benzene rings is 2. The zero-order chi connectivity index (χ0) is 18.2. The van der Waals surface area contributed by atoms with Gasteiger partial charge in [-0.2, -0.15) is 8.42 Å². The number of hydrogen-bond donors (Lipinski definition) is 0. The molecule has 0 bridgehead atoms. The van der Waals surface area contributed by atoms with E-state index in [0.29, 0.717) is 14.5 Å². The van der Waals surface area contributed by atoms with Crippen LogP contribution in [-0.2, 0) is 10.1 Å². The molecule has 0 aliphatic rings. The van der Waals surface area contributed by atoms with E-state index < -0.39 is 10.1 Å². The molecule has 2 aromatic rings. The van der Waals surface area contributed by atoms with Crippen molar-refractivity contribution in [1.29, 1.82) is 0 Å². The second kappa shape index (κ2) is 7.78. The lowest BCUT2D eigenvalue weighted by Gasteiger charge is -2.17. The van der Waals surface area contributed by atoms with Gasteiger partial charge in [-0.05, 0) is 80.1 Å². The van der Waals surface area contributed by atoms with Gasteiger partial charge in [0.2, 0.25) is 0 Å². The Morgan fingerprint density at radius 2 is 1.46 bits per heavy atom. The van der Waals surface area contributed by atoms with Crippen molar-refractivity contribution in [3.05, 3.63) is 53.3 Å². The zero-order valence-electron chi connectivity index (χ0n) is 13.0. The predicted molar refractivity (Wildman–Crippen MR) is 110 cm³/mol. The average Bonchev–Trinajstić information content (AvgIpc) is 2.45. The van der Waals surface area contributed by atoms with E-state index >= 15 is 0 Å². The maximum Gasteiger partial charge on any atom is 0.339 e. The van der Waals surface area contributed by atoms with Gasteiger partial charge in [-0.3, -0.25) is 0 Å². The molecule has 2 rings (SSSR count). The summed E-state index contributed by atoms with van der Waals surface area (Å²) in [5, 5.41) is 0. The van der Waals surface area contributed by atoms with Crippen LogP contribution in [0.1, 0.15) is 30.9 Å². The topological polar surface area (TPSA) is 43.4 Å². The van der Waals surface area contributed by atoms with Crippen molar-refractivity contribution in [3.63, 3.8) is 0 Å².